The number of benzene rings is 1. The van der Waals surface area contributed by atoms with Gasteiger partial charge in [0, 0.05) is 25.1 Å². The van der Waals surface area contributed by atoms with Crippen LogP contribution in [0.1, 0.15) is 23.3 Å². The molecule has 3 atom stereocenters. The van der Waals surface area contributed by atoms with Gasteiger partial charge in [0.2, 0.25) is 5.56 Å². The van der Waals surface area contributed by atoms with Crippen LogP contribution in [0.4, 0.5) is 0 Å². The zero-order chi connectivity index (χ0) is 17.4. The zero-order valence-corrected chi connectivity index (χ0v) is 14.4. The number of pyridine rings is 1. The fraction of sp³-hybridized carbons (Fsp3) is 0.368. The van der Waals surface area contributed by atoms with Crippen molar-refractivity contribution in [1.82, 2.24) is 9.88 Å². The van der Waals surface area contributed by atoms with E-state index in [9.17, 15) is 9.59 Å². The normalized spacial score (nSPS) is 25.0. The molecule has 0 spiro atoms. The Morgan fingerprint density at radius 1 is 1.12 bits per heavy atom. The average Bonchev–Trinajstić information content (AvgIpc) is 3.18. The molecular formula is C19H19ClN2O3. The quantitative estimate of drug-likeness (QED) is 0.917. The Labute approximate surface area is 150 Å². The minimum atomic E-state index is -0.259. The number of carbonyl (C=O) groups is 1. The second-order valence-corrected chi connectivity index (χ2v) is 7.13. The Morgan fingerprint density at radius 2 is 1.96 bits per heavy atom. The molecule has 0 bridgehead atoms. The SMILES string of the molecule is O=C(c1cccc(=O)[nH]1)N1C[C@@H]2CC[C@H](Oc3ccccc3Cl)[C@@H]2C1. The van der Waals surface area contributed by atoms with E-state index in [2.05, 4.69) is 4.98 Å². The molecule has 1 N–H and O–H groups in total. The molecule has 1 saturated heterocycles. The minimum Gasteiger partial charge on any atom is -0.489 e. The van der Waals surface area contributed by atoms with Crippen LogP contribution in [-0.2, 0) is 0 Å². The summed E-state index contributed by atoms with van der Waals surface area (Å²) in [6, 6.07) is 12.1. The van der Waals surface area contributed by atoms with Crippen molar-refractivity contribution in [3.8, 4) is 5.75 Å². The molecule has 1 aliphatic carbocycles. The van der Waals surface area contributed by atoms with Crippen LogP contribution in [0.15, 0.2) is 47.3 Å². The maximum absolute atomic E-state index is 12.6. The van der Waals surface area contributed by atoms with Crippen molar-refractivity contribution >= 4 is 17.5 Å². The van der Waals surface area contributed by atoms with Crippen molar-refractivity contribution < 1.29 is 9.53 Å². The van der Waals surface area contributed by atoms with E-state index in [-0.39, 0.29) is 17.6 Å². The summed E-state index contributed by atoms with van der Waals surface area (Å²) in [6.07, 6.45) is 2.08. The highest BCUT2D eigenvalue weighted by Gasteiger charge is 2.45. The molecule has 4 rings (SSSR count). The number of hydrogen-bond donors (Lipinski definition) is 1. The zero-order valence-electron chi connectivity index (χ0n) is 13.7. The number of H-pyrrole nitrogens is 1. The Kier molecular flexibility index (Phi) is 4.25. The highest BCUT2D eigenvalue weighted by molar-refractivity contribution is 6.32. The lowest BCUT2D eigenvalue weighted by molar-refractivity contribution is 0.0756. The van der Waals surface area contributed by atoms with Crippen LogP contribution in [0, 0.1) is 11.8 Å². The second kappa shape index (κ2) is 6.56. The van der Waals surface area contributed by atoms with Gasteiger partial charge < -0.3 is 14.6 Å². The number of para-hydroxylation sites is 1. The van der Waals surface area contributed by atoms with Gasteiger partial charge in [-0.2, -0.15) is 0 Å². The number of ether oxygens (including phenoxy) is 1. The topological polar surface area (TPSA) is 62.4 Å². The molecule has 130 valence electrons. The van der Waals surface area contributed by atoms with Crippen molar-refractivity contribution in [1.29, 1.82) is 0 Å². The van der Waals surface area contributed by atoms with E-state index in [4.69, 9.17) is 16.3 Å². The first kappa shape index (κ1) is 16.2. The van der Waals surface area contributed by atoms with E-state index in [0.717, 1.165) is 12.8 Å². The largest absolute Gasteiger partial charge is 0.489 e. The molecule has 1 saturated carbocycles. The standard InChI is InChI=1S/C19H19ClN2O3/c20-14-4-1-2-6-17(14)25-16-9-8-12-10-22(11-13(12)16)19(24)15-5-3-7-18(23)21-15/h1-7,12-13,16H,8-11H2,(H,21,23)/t12-,13+,16-/m0/s1. The summed E-state index contributed by atoms with van der Waals surface area (Å²) in [5.41, 5.74) is 0.0845. The maximum atomic E-state index is 12.6. The number of nitrogens with zero attached hydrogens (tertiary/aromatic N) is 1. The summed E-state index contributed by atoms with van der Waals surface area (Å²) in [4.78, 5) is 28.5. The van der Waals surface area contributed by atoms with Gasteiger partial charge in [0.1, 0.15) is 17.5 Å². The lowest BCUT2D eigenvalue weighted by Gasteiger charge is -2.22. The monoisotopic (exact) mass is 358 g/mol. The highest BCUT2D eigenvalue weighted by atomic mass is 35.5. The van der Waals surface area contributed by atoms with Gasteiger partial charge in [-0.3, -0.25) is 9.59 Å². The number of carbonyl (C=O) groups excluding carboxylic acids is 1. The molecule has 2 aliphatic rings. The van der Waals surface area contributed by atoms with Gasteiger partial charge in [-0.1, -0.05) is 29.8 Å². The van der Waals surface area contributed by atoms with Gasteiger partial charge in [-0.15, -0.1) is 0 Å². The summed E-state index contributed by atoms with van der Waals surface area (Å²) >= 11 is 6.20. The number of aromatic nitrogens is 1. The van der Waals surface area contributed by atoms with Gasteiger partial charge >= 0.3 is 0 Å². The fourth-order valence-corrected chi connectivity index (χ4v) is 4.15. The van der Waals surface area contributed by atoms with E-state index >= 15 is 0 Å². The average molecular weight is 359 g/mol. The molecule has 2 aromatic rings. The van der Waals surface area contributed by atoms with E-state index in [1.807, 2.05) is 29.2 Å². The van der Waals surface area contributed by atoms with Crippen LogP contribution < -0.4 is 10.3 Å². The van der Waals surface area contributed by atoms with Crippen molar-refractivity contribution in [3.63, 3.8) is 0 Å². The number of fused-ring (bicyclic) bond motifs is 1. The minimum absolute atomic E-state index is 0.0672. The van der Waals surface area contributed by atoms with Crippen LogP contribution in [0.25, 0.3) is 0 Å². The molecule has 1 aromatic heterocycles. The Hall–Kier alpha value is -2.27. The highest BCUT2D eigenvalue weighted by Crippen LogP contribution is 2.41. The predicted octanol–water partition coefficient (Wildman–Crippen LogP) is 2.96. The van der Waals surface area contributed by atoms with E-state index < -0.39 is 0 Å². The number of likely N-dealkylation sites (tertiary alicyclic amines) is 1. The Morgan fingerprint density at radius 3 is 2.76 bits per heavy atom. The van der Waals surface area contributed by atoms with Gasteiger partial charge in [-0.25, -0.2) is 0 Å². The summed E-state index contributed by atoms with van der Waals surface area (Å²) in [6.45, 7) is 1.36. The predicted molar refractivity (Wildman–Crippen MR) is 95.0 cm³/mol. The van der Waals surface area contributed by atoms with Crippen LogP contribution in [0.2, 0.25) is 5.02 Å². The summed E-state index contributed by atoms with van der Waals surface area (Å²) in [7, 11) is 0. The number of amides is 1. The fourth-order valence-electron chi connectivity index (χ4n) is 3.97. The Balaban J connectivity index is 1.47. The number of nitrogens with one attached hydrogen (secondary N) is 1. The second-order valence-electron chi connectivity index (χ2n) is 6.73. The van der Waals surface area contributed by atoms with E-state index in [1.54, 1.807) is 12.1 Å². The summed E-state index contributed by atoms with van der Waals surface area (Å²) < 4.78 is 6.15. The van der Waals surface area contributed by atoms with Crippen LogP contribution in [0.5, 0.6) is 5.75 Å². The lowest BCUT2D eigenvalue weighted by Crippen LogP contribution is -2.33. The number of rotatable bonds is 3. The van der Waals surface area contributed by atoms with Crippen molar-refractivity contribution in [2.45, 2.75) is 18.9 Å². The summed E-state index contributed by atoms with van der Waals surface area (Å²) in [5.74, 6) is 1.32. The van der Waals surface area contributed by atoms with Crippen molar-refractivity contribution in [2.24, 2.45) is 11.8 Å². The Bertz CT molecular complexity index is 850. The van der Waals surface area contributed by atoms with Gasteiger partial charge in [0.15, 0.2) is 0 Å². The molecule has 1 aromatic carbocycles. The smallest absolute Gasteiger partial charge is 0.270 e. The van der Waals surface area contributed by atoms with E-state index in [1.165, 1.54) is 6.07 Å². The van der Waals surface area contributed by atoms with Crippen LogP contribution in [0.3, 0.4) is 0 Å². The maximum Gasteiger partial charge on any atom is 0.270 e. The van der Waals surface area contributed by atoms with Gasteiger partial charge in [0.25, 0.3) is 5.91 Å². The number of aromatic amines is 1. The first-order valence-electron chi connectivity index (χ1n) is 8.51. The molecular weight excluding hydrogens is 340 g/mol. The molecule has 25 heavy (non-hydrogen) atoms. The molecule has 5 nitrogen and oxygen atoms in total. The van der Waals surface area contributed by atoms with Crippen LogP contribution in [-0.4, -0.2) is 35.0 Å². The molecule has 1 aliphatic heterocycles. The molecule has 0 radical (unpaired) electrons. The number of halogens is 1. The van der Waals surface area contributed by atoms with E-state index in [0.29, 0.717) is 41.4 Å². The van der Waals surface area contributed by atoms with Gasteiger partial charge in [0.05, 0.1) is 5.02 Å². The molecule has 1 amide bonds. The molecule has 0 unspecified atom stereocenters. The van der Waals surface area contributed by atoms with Crippen molar-refractivity contribution in [3.05, 3.63) is 63.5 Å². The van der Waals surface area contributed by atoms with Gasteiger partial charge in [-0.05, 0) is 37.0 Å². The third-order valence-corrected chi connectivity index (χ3v) is 5.50. The lowest BCUT2D eigenvalue weighted by atomic mass is 9.99. The third-order valence-electron chi connectivity index (χ3n) is 5.19. The van der Waals surface area contributed by atoms with Crippen molar-refractivity contribution in [2.75, 3.05) is 13.1 Å². The molecule has 2 fully saturated rings. The third kappa shape index (κ3) is 3.16. The first-order chi connectivity index (χ1) is 12.1. The first-order valence-corrected chi connectivity index (χ1v) is 8.89. The summed E-state index contributed by atoms with van der Waals surface area (Å²) in [5, 5.41) is 0.610. The molecule has 6 heteroatoms. The number of hydrogen-bond acceptors (Lipinski definition) is 3. The van der Waals surface area contributed by atoms with Crippen LogP contribution >= 0.6 is 11.6 Å². The molecule has 2 heterocycles.